The molecule has 1 heterocycles. The van der Waals surface area contributed by atoms with Crippen LogP contribution in [0, 0.1) is 23.2 Å². The molecule has 2 N–H and O–H groups in total. The van der Waals surface area contributed by atoms with Gasteiger partial charge in [0, 0.05) is 12.6 Å². The first-order valence-corrected chi connectivity index (χ1v) is 13.0. The fourth-order valence-corrected chi connectivity index (χ4v) is 7.57. The molecule has 4 fully saturated rings. The van der Waals surface area contributed by atoms with E-state index in [1.54, 1.807) is 5.57 Å². The first-order valence-electron chi connectivity index (χ1n) is 13.0. The van der Waals surface area contributed by atoms with Crippen molar-refractivity contribution < 1.29 is 10.2 Å². The van der Waals surface area contributed by atoms with Crippen molar-refractivity contribution in [2.24, 2.45) is 23.2 Å². The van der Waals surface area contributed by atoms with Gasteiger partial charge in [-0.05, 0) is 100.0 Å². The summed E-state index contributed by atoms with van der Waals surface area (Å²) in [6.07, 6.45) is 15.4. The minimum atomic E-state index is -0.598. The van der Waals surface area contributed by atoms with Gasteiger partial charge in [0.2, 0.25) is 0 Å². The fraction of sp³-hybridized carbons (Fsp3) is 0.786. The minimum Gasteiger partial charge on any atom is -0.388 e. The molecule has 3 heteroatoms. The molecular formula is C28H45NO2. The maximum atomic E-state index is 10.2. The summed E-state index contributed by atoms with van der Waals surface area (Å²) in [5.74, 6) is 2.30. The standard InChI is InChI=1S/C28H45NO2/c1-19(18-29-15-6-5-8-20(29)2)24-12-13-25-23(9-7-14-28(24,25)4)11-10-22-16-26(30)21(3)27(31)17-22/h10-11,19-20,24-27,30-31H,3,5-9,12-18H2,1-2,4H3/t19?,20?,24-,25+,26-,27-,28-/m1/s1. The van der Waals surface area contributed by atoms with Gasteiger partial charge in [-0.3, -0.25) is 0 Å². The van der Waals surface area contributed by atoms with Gasteiger partial charge in [0.05, 0.1) is 12.2 Å². The zero-order valence-electron chi connectivity index (χ0n) is 20.2. The summed E-state index contributed by atoms with van der Waals surface area (Å²) < 4.78 is 0. The zero-order chi connectivity index (χ0) is 22.2. The Bertz CT molecular complexity index is 709. The number of likely N-dealkylation sites (tertiary alicyclic amines) is 1. The number of aliphatic hydroxyl groups excluding tert-OH is 2. The molecule has 31 heavy (non-hydrogen) atoms. The average Bonchev–Trinajstić information content (AvgIpc) is 3.09. The molecule has 3 saturated carbocycles. The van der Waals surface area contributed by atoms with Crippen molar-refractivity contribution in [2.75, 3.05) is 13.1 Å². The van der Waals surface area contributed by atoms with Gasteiger partial charge >= 0.3 is 0 Å². The SMILES string of the molecule is C=C1[C@H](O)CC(=CC=C2CCC[C@]3(C)[C@@H](C(C)CN4CCCCC4C)CC[C@@H]23)C[C@H]1O. The first kappa shape index (κ1) is 23.3. The summed E-state index contributed by atoms with van der Waals surface area (Å²) >= 11 is 0. The highest BCUT2D eigenvalue weighted by Crippen LogP contribution is 2.59. The summed E-state index contributed by atoms with van der Waals surface area (Å²) in [6.45, 7) is 13.9. The quantitative estimate of drug-likeness (QED) is 0.571. The molecule has 4 rings (SSSR count). The lowest BCUT2D eigenvalue weighted by Gasteiger charge is -2.46. The maximum absolute atomic E-state index is 10.2. The predicted molar refractivity (Wildman–Crippen MR) is 129 cm³/mol. The predicted octanol–water partition coefficient (Wildman–Crippen LogP) is 5.64. The van der Waals surface area contributed by atoms with E-state index in [1.165, 1.54) is 64.5 Å². The lowest BCUT2D eigenvalue weighted by Crippen LogP contribution is -2.44. The van der Waals surface area contributed by atoms with Crippen LogP contribution in [0.3, 0.4) is 0 Å². The number of nitrogens with zero attached hydrogens (tertiary/aromatic N) is 1. The normalized spacial score (nSPS) is 42.0. The van der Waals surface area contributed by atoms with Crippen LogP contribution in [0.4, 0.5) is 0 Å². The fourth-order valence-electron chi connectivity index (χ4n) is 7.57. The van der Waals surface area contributed by atoms with Crippen molar-refractivity contribution in [1.29, 1.82) is 0 Å². The second-order valence-electron chi connectivity index (χ2n) is 11.5. The van der Waals surface area contributed by atoms with Crippen LogP contribution >= 0.6 is 0 Å². The molecule has 0 aromatic rings. The molecule has 3 nitrogen and oxygen atoms in total. The van der Waals surface area contributed by atoms with Crippen LogP contribution in [0.1, 0.15) is 85.0 Å². The first-order chi connectivity index (χ1) is 14.8. The third kappa shape index (κ3) is 4.75. The Morgan fingerprint density at radius 1 is 1.10 bits per heavy atom. The van der Waals surface area contributed by atoms with Crippen molar-refractivity contribution in [1.82, 2.24) is 4.90 Å². The van der Waals surface area contributed by atoms with E-state index in [0.717, 1.165) is 23.5 Å². The van der Waals surface area contributed by atoms with Crippen LogP contribution in [0.25, 0.3) is 0 Å². The Morgan fingerprint density at radius 2 is 1.84 bits per heavy atom. The van der Waals surface area contributed by atoms with Gasteiger partial charge in [-0.1, -0.05) is 50.1 Å². The van der Waals surface area contributed by atoms with Gasteiger partial charge in [0.15, 0.2) is 0 Å². The Labute approximate surface area is 190 Å². The van der Waals surface area contributed by atoms with Crippen LogP contribution in [0.5, 0.6) is 0 Å². The van der Waals surface area contributed by atoms with E-state index in [-0.39, 0.29) is 0 Å². The summed E-state index contributed by atoms with van der Waals surface area (Å²) in [5.41, 5.74) is 3.79. The van der Waals surface area contributed by atoms with Crippen molar-refractivity contribution in [2.45, 2.75) is 103 Å². The summed E-state index contributed by atoms with van der Waals surface area (Å²) in [7, 11) is 0. The molecule has 4 aliphatic rings. The summed E-state index contributed by atoms with van der Waals surface area (Å²) in [6, 6.07) is 0.756. The van der Waals surface area contributed by atoms with Gasteiger partial charge in [-0.25, -0.2) is 0 Å². The molecule has 2 unspecified atom stereocenters. The van der Waals surface area contributed by atoms with Gasteiger partial charge in [-0.15, -0.1) is 0 Å². The third-order valence-corrected chi connectivity index (χ3v) is 9.49. The Hall–Kier alpha value is -0.900. The Kier molecular flexibility index (Phi) is 7.15. The number of piperidine rings is 1. The lowest BCUT2D eigenvalue weighted by molar-refractivity contribution is 0.0598. The van der Waals surface area contributed by atoms with Crippen molar-refractivity contribution in [3.8, 4) is 0 Å². The molecule has 1 aliphatic heterocycles. The second-order valence-corrected chi connectivity index (χ2v) is 11.5. The van der Waals surface area contributed by atoms with E-state index in [9.17, 15) is 10.2 Å². The maximum Gasteiger partial charge on any atom is 0.0809 e. The summed E-state index contributed by atoms with van der Waals surface area (Å²) in [4.78, 5) is 2.77. The molecule has 0 radical (unpaired) electrons. The molecular weight excluding hydrogens is 382 g/mol. The Morgan fingerprint density at radius 3 is 2.55 bits per heavy atom. The van der Waals surface area contributed by atoms with Crippen molar-refractivity contribution >= 4 is 0 Å². The summed E-state index contributed by atoms with van der Waals surface area (Å²) in [5, 5.41) is 20.3. The van der Waals surface area contributed by atoms with E-state index in [1.807, 2.05) is 0 Å². The molecule has 3 aliphatic carbocycles. The highest BCUT2D eigenvalue weighted by atomic mass is 16.3. The molecule has 0 aromatic heterocycles. The average molecular weight is 428 g/mol. The molecule has 0 aromatic carbocycles. The Balaban J connectivity index is 1.45. The number of rotatable bonds is 4. The molecule has 0 bridgehead atoms. The van der Waals surface area contributed by atoms with E-state index in [2.05, 4.69) is 44.4 Å². The number of aliphatic hydroxyl groups is 2. The van der Waals surface area contributed by atoms with E-state index < -0.39 is 12.2 Å². The molecule has 0 amide bonds. The van der Waals surface area contributed by atoms with E-state index in [4.69, 9.17) is 0 Å². The molecule has 174 valence electrons. The lowest BCUT2D eigenvalue weighted by atomic mass is 9.61. The van der Waals surface area contributed by atoms with Crippen molar-refractivity contribution in [3.63, 3.8) is 0 Å². The van der Waals surface area contributed by atoms with Gasteiger partial charge in [0.1, 0.15) is 0 Å². The second kappa shape index (κ2) is 9.53. The molecule has 0 spiro atoms. The number of allylic oxidation sites excluding steroid dienone is 3. The van der Waals surface area contributed by atoms with Crippen molar-refractivity contribution in [3.05, 3.63) is 35.5 Å². The highest BCUT2D eigenvalue weighted by Gasteiger charge is 2.50. The van der Waals surface area contributed by atoms with Crippen LogP contribution in [0.2, 0.25) is 0 Å². The molecule has 1 saturated heterocycles. The highest BCUT2D eigenvalue weighted by molar-refractivity contribution is 5.29. The van der Waals surface area contributed by atoms with Crippen LogP contribution in [-0.4, -0.2) is 46.5 Å². The van der Waals surface area contributed by atoms with Gasteiger partial charge in [0.25, 0.3) is 0 Å². The van der Waals surface area contributed by atoms with E-state index >= 15 is 0 Å². The largest absolute Gasteiger partial charge is 0.388 e. The minimum absolute atomic E-state index is 0.431. The van der Waals surface area contributed by atoms with Crippen LogP contribution in [0.15, 0.2) is 35.5 Å². The van der Waals surface area contributed by atoms with Gasteiger partial charge < -0.3 is 15.1 Å². The van der Waals surface area contributed by atoms with Gasteiger partial charge in [-0.2, -0.15) is 0 Å². The van der Waals surface area contributed by atoms with Crippen LogP contribution in [-0.2, 0) is 0 Å². The topological polar surface area (TPSA) is 43.7 Å². The zero-order valence-corrected chi connectivity index (χ0v) is 20.2. The number of hydrogen-bond donors (Lipinski definition) is 2. The number of fused-ring (bicyclic) bond motifs is 1. The smallest absolute Gasteiger partial charge is 0.0809 e. The monoisotopic (exact) mass is 427 g/mol. The molecule has 7 atom stereocenters. The number of hydrogen-bond acceptors (Lipinski definition) is 3. The van der Waals surface area contributed by atoms with E-state index in [0.29, 0.717) is 29.7 Å². The van der Waals surface area contributed by atoms with Crippen LogP contribution < -0.4 is 0 Å². The third-order valence-electron chi connectivity index (χ3n) is 9.49.